The number of aryl methyl sites for hydroxylation is 1. The van der Waals surface area contributed by atoms with Gasteiger partial charge >= 0.3 is 11.7 Å². The van der Waals surface area contributed by atoms with Crippen LogP contribution in [0.4, 0.5) is 4.79 Å². The van der Waals surface area contributed by atoms with E-state index in [9.17, 15) is 14.7 Å². The molecule has 0 aliphatic carbocycles. The van der Waals surface area contributed by atoms with Crippen LogP contribution in [0.3, 0.4) is 0 Å². The number of nitrogens with zero attached hydrogens (tertiary/aromatic N) is 5. The number of benzene rings is 2. The maximum absolute atomic E-state index is 13.4. The Labute approximate surface area is 212 Å². The number of rotatable bonds is 3. The molecule has 3 N–H and O–H groups in total. The smallest absolute Gasteiger partial charge is 0.328 e. The molecule has 0 radical (unpaired) electrons. The number of aromatic nitrogens is 4. The van der Waals surface area contributed by atoms with Crippen molar-refractivity contribution in [3.8, 4) is 11.6 Å². The fourth-order valence-electron chi connectivity index (χ4n) is 5.23. The molecule has 2 aliphatic heterocycles. The normalized spacial score (nSPS) is 17.5. The molecule has 2 aliphatic rings. The number of carbonyl (C=O) groups excluding carboxylic acids is 1. The number of aromatic amines is 1. The minimum atomic E-state index is -0.689. The number of imidazole rings is 2. The second kappa shape index (κ2) is 9.12. The summed E-state index contributed by atoms with van der Waals surface area (Å²) in [7, 11) is 0. The van der Waals surface area contributed by atoms with Gasteiger partial charge in [-0.25, -0.2) is 14.6 Å². The molecule has 0 unspecified atom stereocenters. The van der Waals surface area contributed by atoms with Gasteiger partial charge in [0, 0.05) is 42.1 Å². The first-order valence-corrected chi connectivity index (χ1v) is 12.3. The Morgan fingerprint density at radius 2 is 1.81 bits per heavy atom. The molecule has 0 bridgehead atoms. The van der Waals surface area contributed by atoms with Crippen molar-refractivity contribution >= 4 is 11.7 Å². The highest BCUT2D eigenvalue weighted by Crippen LogP contribution is 2.31. The van der Waals surface area contributed by atoms with Gasteiger partial charge < -0.3 is 15.3 Å². The topological polar surface area (TPSA) is 121 Å². The monoisotopic (exact) mass is 497 g/mol. The van der Waals surface area contributed by atoms with Gasteiger partial charge in [-0.1, -0.05) is 48.5 Å². The molecule has 2 aromatic carbocycles. The second-order valence-corrected chi connectivity index (χ2v) is 9.38. The van der Waals surface area contributed by atoms with E-state index in [4.69, 9.17) is 4.99 Å². The number of hydrogen-bond donors (Lipinski definition) is 3. The van der Waals surface area contributed by atoms with Crippen molar-refractivity contribution in [3.63, 3.8) is 0 Å². The van der Waals surface area contributed by atoms with Crippen LogP contribution in [0.25, 0.3) is 5.69 Å². The van der Waals surface area contributed by atoms with Crippen molar-refractivity contribution in [3.05, 3.63) is 100 Å². The number of carbonyl (C=O) groups is 1. The summed E-state index contributed by atoms with van der Waals surface area (Å²) in [6.07, 6.45) is 3.73. The third-order valence-electron chi connectivity index (χ3n) is 7.05. The molecule has 37 heavy (non-hydrogen) atoms. The Bertz CT molecular complexity index is 1540. The zero-order valence-corrected chi connectivity index (χ0v) is 20.3. The molecular weight excluding hydrogens is 470 g/mol. The Kier molecular flexibility index (Phi) is 5.63. The first-order chi connectivity index (χ1) is 18.0. The first-order valence-electron chi connectivity index (χ1n) is 12.3. The van der Waals surface area contributed by atoms with Gasteiger partial charge in [0.25, 0.3) is 0 Å². The van der Waals surface area contributed by atoms with Crippen LogP contribution >= 0.6 is 0 Å². The van der Waals surface area contributed by atoms with Gasteiger partial charge in [-0.05, 0) is 25.8 Å². The minimum Gasteiger partial charge on any atom is -0.493 e. The SMILES string of the molecule is Cc1cnc2n1-c1ccccc1C(c1ccccc1)=N[C@H]2NC(=O)N1CCC(n2cc(O)[nH]c2=O)CC1. The van der Waals surface area contributed by atoms with Crippen LogP contribution < -0.4 is 11.0 Å². The van der Waals surface area contributed by atoms with Crippen molar-refractivity contribution in [2.45, 2.75) is 32.0 Å². The standard InChI is InChI=1S/C27H27N7O3/c1-17-15-28-25-24(31-26(36)32-13-11-19(12-14-32)33-16-22(35)29-27(33)37)30-23(18-7-3-2-4-8-18)20-9-5-6-10-21(20)34(17)25/h2-10,15-16,19,24,35H,11-14H2,1H3,(H,29,37)(H,31,36)/t24-/m0/s1. The number of para-hydroxylation sites is 1. The van der Waals surface area contributed by atoms with Gasteiger partial charge in [0.15, 0.2) is 12.0 Å². The molecule has 10 nitrogen and oxygen atoms in total. The molecule has 2 amide bonds. The lowest BCUT2D eigenvalue weighted by molar-refractivity contribution is 0.167. The average molecular weight is 498 g/mol. The predicted octanol–water partition coefficient (Wildman–Crippen LogP) is 3.27. The summed E-state index contributed by atoms with van der Waals surface area (Å²) >= 11 is 0. The number of piperidine rings is 1. The zero-order valence-electron chi connectivity index (χ0n) is 20.3. The molecule has 1 atom stereocenters. The van der Waals surface area contributed by atoms with E-state index < -0.39 is 6.17 Å². The van der Waals surface area contributed by atoms with E-state index in [-0.39, 0.29) is 23.6 Å². The number of urea groups is 1. The van der Waals surface area contributed by atoms with Gasteiger partial charge in [-0.15, -0.1) is 0 Å². The lowest BCUT2D eigenvalue weighted by Gasteiger charge is -2.32. The number of likely N-dealkylation sites (tertiary alicyclic amines) is 1. The highest BCUT2D eigenvalue weighted by Gasteiger charge is 2.31. The van der Waals surface area contributed by atoms with Crippen molar-refractivity contribution in [1.82, 2.24) is 29.3 Å². The third kappa shape index (κ3) is 4.10. The molecular formula is C27H27N7O3. The molecule has 0 saturated carbocycles. The lowest BCUT2D eigenvalue weighted by atomic mass is 10.0. The molecule has 188 valence electrons. The maximum Gasteiger partial charge on any atom is 0.328 e. The molecule has 4 heterocycles. The van der Waals surface area contributed by atoms with E-state index in [1.165, 1.54) is 10.8 Å². The summed E-state index contributed by atoms with van der Waals surface area (Å²) in [5.41, 5.74) is 4.28. The van der Waals surface area contributed by atoms with Crippen LogP contribution in [0.5, 0.6) is 5.88 Å². The van der Waals surface area contributed by atoms with E-state index in [0.717, 1.165) is 28.2 Å². The number of H-pyrrole nitrogens is 1. The Hall–Kier alpha value is -4.60. The quantitative estimate of drug-likeness (QED) is 0.402. The molecule has 10 heteroatoms. The van der Waals surface area contributed by atoms with E-state index in [1.54, 1.807) is 11.1 Å². The van der Waals surface area contributed by atoms with Gasteiger partial charge in [-0.2, -0.15) is 0 Å². The summed E-state index contributed by atoms with van der Waals surface area (Å²) in [5, 5.41) is 12.7. The minimum absolute atomic E-state index is 0.0784. The number of fused-ring (bicyclic) bond motifs is 3. The second-order valence-electron chi connectivity index (χ2n) is 9.38. The highest BCUT2D eigenvalue weighted by molar-refractivity contribution is 6.15. The van der Waals surface area contributed by atoms with Crippen molar-refractivity contribution in [1.29, 1.82) is 0 Å². The first kappa shape index (κ1) is 22.8. The lowest BCUT2D eigenvalue weighted by Crippen LogP contribution is -2.46. The van der Waals surface area contributed by atoms with E-state index in [1.807, 2.05) is 61.5 Å². The number of aliphatic imine (C=N–C) groups is 1. The van der Waals surface area contributed by atoms with E-state index in [0.29, 0.717) is 31.8 Å². The summed E-state index contributed by atoms with van der Waals surface area (Å²) in [5.74, 6) is 0.492. The van der Waals surface area contributed by atoms with Crippen LogP contribution in [0.1, 0.15) is 47.7 Å². The fourth-order valence-corrected chi connectivity index (χ4v) is 5.23. The molecule has 2 aromatic heterocycles. The van der Waals surface area contributed by atoms with Crippen molar-refractivity contribution in [2.75, 3.05) is 13.1 Å². The van der Waals surface area contributed by atoms with Crippen molar-refractivity contribution in [2.24, 2.45) is 4.99 Å². The largest absolute Gasteiger partial charge is 0.493 e. The Balaban J connectivity index is 1.30. The van der Waals surface area contributed by atoms with E-state index in [2.05, 4.69) is 19.9 Å². The molecule has 1 fully saturated rings. The maximum atomic E-state index is 13.4. The molecule has 4 aromatic rings. The molecule has 0 spiro atoms. The average Bonchev–Trinajstić information content (AvgIpc) is 3.43. The summed E-state index contributed by atoms with van der Waals surface area (Å²) in [6.45, 7) is 2.94. The van der Waals surface area contributed by atoms with Gasteiger partial charge in [0.2, 0.25) is 5.88 Å². The Morgan fingerprint density at radius 3 is 2.54 bits per heavy atom. The fraction of sp³-hybridized carbons (Fsp3) is 0.259. The predicted molar refractivity (Wildman–Crippen MR) is 138 cm³/mol. The van der Waals surface area contributed by atoms with Crippen LogP contribution in [-0.2, 0) is 0 Å². The van der Waals surface area contributed by atoms with E-state index >= 15 is 0 Å². The van der Waals surface area contributed by atoms with Crippen LogP contribution in [0.15, 0.2) is 76.8 Å². The Morgan fingerprint density at radius 1 is 1.08 bits per heavy atom. The van der Waals surface area contributed by atoms with Gasteiger partial charge in [0.05, 0.1) is 17.6 Å². The number of nitrogens with one attached hydrogen (secondary N) is 2. The number of aromatic hydroxyl groups is 1. The van der Waals surface area contributed by atoms with Crippen molar-refractivity contribution < 1.29 is 9.90 Å². The molecule has 1 saturated heterocycles. The highest BCUT2D eigenvalue weighted by atomic mass is 16.3. The number of hydrogen-bond acceptors (Lipinski definition) is 5. The van der Waals surface area contributed by atoms with Gasteiger partial charge in [0.1, 0.15) is 0 Å². The molecule has 6 rings (SSSR count). The van der Waals surface area contributed by atoms with Gasteiger partial charge in [-0.3, -0.25) is 19.1 Å². The zero-order chi connectivity index (χ0) is 25.5. The van der Waals surface area contributed by atoms with Crippen LogP contribution in [0.2, 0.25) is 0 Å². The van der Waals surface area contributed by atoms with Crippen LogP contribution in [0, 0.1) is 6.92 Å². The third-order valence-corrected chi connectivity index (χ3v) is 7.05. The summed E-state index contributed by atoms with van der Waals surface area (Å²) in [6, 6.07) is 17.7. The summed E-state index contributed by atoms with van der Waals surface area (Å²) < 4.78 is 3.56. The summed E-state index contributed by atoms with van der Waals surface area (Å²) in [4.78, 5) is 39.3. The number of amides is 2. The van der Waals surface area contributed by atoms with Crippen LogP contribution in [-0.4, -0.2) is 53.9 Å².